The number of amides is 1. The molecule has 1 unspecified atom stereocenters. The molecule has 20 heavy (non-hydrogen) atoms. The number of nitro groups is 1. The van der Waals surface area contributed by atoms with Gasteiger partial charge in [-0.2, -0.15) is 0 Å². The number of rotatable bonds is 5. The van der Waals surface area contributed by atoms with E-state index >= 15 is 0 Å². The number of carboxylic acids is 1. The molecule has 0 aromatic heterocycles. The molecule has 106 valence electrons. The van der Waals surface area contributed by atoms with E-state index in [0.29, 0.717) is 5.56 Å². The molecule has 2 rings (SSSR count). The van der Waals surface area contributed by atoms with Gasteiger partial charge in [0.05, 0.1) is 4.92 Å². The summed E-state index contributed by atoms with van der Waals surface area (Å²) < 4.78 is 0. The van der Waals surface area contributed by atoms with Gasteiger partial charge in [-0.05, 0) is 31.7 Å². The highest BCUT2D eigenvalue weighted by Crippen LogP contribution is 2.33. The van der Waals surface area contributed by atoms with Crippen LogP contribution in [0.5, 0.6) is 0 Å². The van der Waals surface area contributed by atoms with Gasteiger partial charge in [0.1, 0.15) is 6.04 Å². The molecule has 1 aliphatic rings. The van der Waals surface area contributed by atoms with Crippen molar-refractivity contribution in [3.63, 3.8) is 0 Å². The zero-order valence-electron chi connectivity index (χ0n) is 10.8. The Morgan fingerprint density at radius 1 is 1.45 bits per heavy atom. The summed E-state index contributed by atoms with van der Waals surface area (Å²) in [6.07, 6.45) is 1.54. The molecule has 1 fully saturated rings. The van der Waals surface area contributed by atoms with E-state index in [1.54, 1.807) is 6.92 Å². The molecule has 7 nitrogen and oxygen atoms in total. The summed E-state index contributed by atoms with van der Waals surface area (Å²) in [5, 5.41) is 22.3. The van der Waals surface area contributed by atoms with Crippen LogP contribution >= 0.6 is 0 Å². The number of carbonyl (C=O) groups is 2. The van der Waals surface area contributed by atoms with Crippen molar-refractivity contribution in [1.82, 2.24) is 5.32 Å². The lowest BCUT2D eigenvalue weighted by atomic mass is 10.1. The van der Waals surface area contributed by atoms with Crippen LogP contribution in [0.25, 0.3) is 0 Å². The molecule has 0 spiro atoms. The van der Waals surface area contributed by atoms with Crippen LogP contribution in [0.4, 0.5) is 5.69 Å². The molecule has 2 N–H and O–H groups in total. The third kappa shape index (κ3) is 2.93. The van der Waals surface area contributed by atoms with Crippen molar-refractivity contribution in [3.8, 4) is 0 Å². The van der Waals surface area contributed by atoms with Gasteiger partial charge in [-0.25, -0.2) is 4.79 Å². The molecular weight excluding hydrogens is 264 g/mol. The quantitative estimate of drug-likeness (QED) is 0.626. The number of aryl methyl sites for hydroxylation is 1. The normalized spacial score (nSPS) is 15.4. The number of benzene rings is 1. The summed E-state index contributed by atoms with van der Waals surface area (Å²) in [7, 11) is 0. The Hall–Kier alpha value is -2.44. The molecule has 0 saturated heterocycles. The second-order valence-corrected chi connectivity index (χ2v) is 4.89. The summed E-state index contributed by atoms with van der Waals surface area (Å²) in [4.78, 5) is 33.3. The molecule has 7 heteroatoms. The van der Waals surface area contributed by atoms with Gasteiger partial charge in [0.2, 0.25) is 0 Å². The number of hydrogen-bond acceptors (Lipinski definition) is 4. The fraction of sp³-hybridized carbons (Fsp3) is 0.385. The fourth-order valence-corrected chi connectivity index (χ4v) is 1.98. The van der Waals surface area contributed by atoms with E-state index in [-0.39, 0.29) is 17.2 Å². The first-order valence-electron chi connectivity index (χ1n) is 6.19. The van der Waals surface area contributed by atoms with Crippen LogP contribution in [0.3, 0.4) is 0 Å². The molecule has 0 heterocycles. The maximum absolute atomic E-state index is 12.0. The molecular formula is C13H14N2O5. The Morgan fingerprint density at radius 3 is 2.60 bits per heavy atom. The van der Waals surface area contributed by atoms with Gasteiger partial charge in [-0.3, -0.25) is 14.9 Å². The van der Waals surface area contributed by atoms with Crippen LogP contribution < -0.4 is 5.32 Å². The van der Waals surface area contributed by atoms with Crippen LogP contribution in [0.15, 0.2) is 18.2 Å². The molecule has 0 bridgehead atoms. The van der Waals surface area contributed by atoms with E-state index < -0.39 is 22.8 Å². The lowest BCUT2D eigenvalue weighted by Gasteiger charge is -2.13. The highest BCUT2D eigenvalue weighted by atomic mass is 16.6. The van der Waals surface area contributed by atoms with Crippen LogP contribution in [0, 0.1) is 23.0 Å². The van der Waals surface area contributed by atoms with Crippen LogP contribution in [-0.2, 0) is 4.79 Å². The first-order chi connectivity index (χ1) is 9.40. The summed E-state index contributed by atoms with van der Waals surface area (Å²) in [5.41, 5.74) is 0.383. The Bertz CT molecular complexity index is 580. The van der Waals surface area contributed by atoms with Crippen molar-refractivity contribution in [2.75, 3.05) is 0 Å². The number of aliphatic carboxylic acids is 1. The molecule has 1 amide bonds. The minimum atomic E-state index is -1.08. The topological polar surface area (TPSA) is 110 Å². The number of hydrogen-bond donors (Lipinski definition) is 2. The zero-order chi connectivity index (χ0) is 14.9. The van der Waals surface area contributed by atoms with Crippen LogP contribution in [0.1, 0.15) is 28.8 Å². The minimum Gasteiger partial charge on any atom is -0.480 e. The van der Waals surface area contributed by atoms with Crippen molar-refractivity contribution in [1.29, 1.82) is 0 Å². The highest BCUT2D eigenvalue weighted by Gasteiger charge is 2.37. The SMILES string of the molecule is Cc1ccc(C(=O)NC(C(=O)O)C2CC2)cc1[N+](=O)[O-]. The number of nitrogens with one attached hydrogen (secondary N) is 1. The third-order valence-corrected chi connectivity index (χ3v) is 3.31. The van der Waals surface area contributed by atoms with Gasteiger partial charge < -0.3 is 10.4 Å². The predicted octanol–water partition coefficient (Wildman–Crippen LogP) is 1.50. The first-order valence-corrected chi connectivity index (χ1v) is 6.19. The molecule has 1 aliphatic carbocycles. The number of carbonyl (C=O) groups excluding carboxylic acids is 1. The van der Waals surface area contributed by atoms with Crippen molar-refractivity contribution >= 4 is 17.6 Å². The standard InChI is InChI=1S/C13H14N2O5/c1-7-2-3-9(6-10(7)15(19)20)12(16)14-11(13(17)18)8-4-5-8/h2-3,6,8,11H,4-5H2,1H3,(H,14,16)(H,17,18). The molecule has 1 saturated carbocycles. The fourth-order valence-electron chi connectivity index (χ4n) is 1.98. The van der Waals surface area contributed by atoms with Crippen molar-refractivity contribution in [2.45, 2.75) is 25.8 Å². The average Bonchev–Trinajstić information content (AvgIpc) is 3.19. The summed E-state index contributed by atoms with van der Waals surface area (Å²) >= 11 is 0. The molecule has 1 aromatic rings. The molecule has 1 aromatic carbocycles. The van der Waals surface area contributed by atoms with E-state index in [1.807, 2.05) is 0 Å². The van der Waals surface area contributed by atoms with Crippen molar-refractivity contribution in [2.24, 2.45) is 5.92 Å². The summed E-state index contributed by atoms with van der Waals surface area (Å²) in [6, 6.07) is 3.16. The second-order valence-electron chi connectivity index (χ2n) is 4.89. The van der Waals surface area contributed by atoms with Gasteiger partial charge >= 0.3 is 5.97 Å². The van der Waals surface area contributed by atoms with Gasteiger partial charge in [0.15, 0.2) is 0 Å². The Morgan fingerprint density at radius 2 is 2.10 bits per heavy atom. The third-order valence-electron chi connectivity index (χ3n) is 3.31. The predicted molar refractivity (Wildman–Crippen MR) is 69.4 cm³/mol. The maximum atomic E-state index is 12.0. The first kappa shape index (κ1) is 14.0. The lowest BCUT2D eigenvalue weighted by Crippen LogP contribution is -2.42. The van der Waals surface area contributed by atoms with E-state index in [1.165, 1.54) is 12.1 Å². The van der Waals surface area contributed by atoms with E-state index in [0.717, 1.165) is 18.9 Å². The van der Waals surface area contributed by atoms with Crippen LogP contribution in [0.2, 0.25) is 0 Å². The monoisotopic (exact) mass is 278 g/mol. The van der Waals surface area contributed by atoms with Gasteiger partial charge in [0, 0.05) is 17.2 Å². The highest BCUT2D eigenvalue weighted by molar-refractivity contribution is 5.97. The summed E-state index contributed by atoms with van der Waals surface area (Å²) in [5.74, 6) is -1.73. The van der Waals surface area contributed by atoms with Crippen molar-refractivity contribution < 1.29 is 19.6 Å². The van der Waals surface area contributed by atoms with Gasteiger partial charge in [-0.1, -0.05) is 6.07 Å². The molecule has 0 radical (unpaired) electrons. The van der Waals surface area contributed by atoms with Crippen LogP contribution in [-0.4, -0.2) is 27.9 Å². The largest absolute Gasteiger partial charge is 0.480 e. The van der Waals surface area contributed by atoms with E-state index in [9.17, 15) is 19.7 Å². The Kier molecular flexibility index (Phi) is 3.69. The van der Waals surface area contributed by atoms with Gasteiger partial charge in [0.25, 0.3) is 11.6 Å². The Balaban J connectivity index is 2.18. The van der Waals surface area contributed by atoms with Crippen molar-refractivity contribution in [3.05, 3.63) is 39.4 Å². The Labute approximate surface area is 114 Å². The zero-order valence-corrected chi connectivity index (χ0v) is 10.8. The number of carboxylic acid groups (broad SMARTS) is 1. The lowest BCUT2D eigenvalue weighted by molar-refractivity contribution is -0.385. The second kappa shape index (κ2) is 5.28. The van der Waals surface area contributed by atoms with E-state index in [2.05, 4.69) is 5.32 Å². The van der Waals surface area contributed by atoms with E-state index in [4.69, 9.17) is 5.11 Å². The summed E-state index contributed by atoms with van der Waals surface area (Å²) in [6.45, 7) is 1.57. The molecule has 1 atom stereocenters. The number of nitro benzene ring substituents is 1. The smallest absolute Gasteiger partial charge is 0.326 e. The van der Waals surface area contributed by atoms with Gasteiger partial charge in [-0.15, -0.1) is 0 Å². The maximum Gasteiger partial charge on any atom is 0.326 e. The number of nitrogens with zero attached hydrogens (tertiary/aromatic N) is 1. The molecule has 0 aliphatic heterocycles. The minimum absolute atomic E-state index is 0.0446. The average molecular weight is 278 g/mol.